The van der Waals surface area contributed by atoms with Crippen molar-refractivity contribution in [3.05, 3.63) is 28.8 Å². The highest BCUT2D eigenvalue weighted by atomic mass is 35.5. The molecule has 7 heteroatoms. The zero-order valence-corrected chi connectivity index (χ0v) is 14.6. The van der Waals surface area contributed by atoms with E-state index in [0.717, 1.165) is 12.8 Å². The Kier molecular flexibility index (Phi) is 4.96. The Morgan fingerprint density at radius 2 is 2.21 bits per heavy atom. The third-order valence-electron chi connectivity index (χ3n) is 4.84. The van der Waals surface area contributed by atoms with E-state index < -0.39 is 0 Å². The summed E-state index contributed by atoms with van der Waals surface area (Å²) in [6.07, 6.45) is 1.99. The minimum atomic E-state index is -0.147. The molecule has 2 fully saturated rings. The van der Waals surface area contributed by atoms with Gasteiger partial charge in [0.2, 0.25) is 0 Å². The van der Waals surface area contributed by atoms with Gasteiger partial charge in [-0.3, -0.25) is 9.69 Å². The van der Waals surface area contributed by atoms with Crippen LogP contribution in [-0.2, 0) is 0 Å². The van der Waals surface area contributed by atoms with Crippen molar-refractivity contribution in [3.8, 4) is 0 Å². The first-order chi connectivity index (χ1) is 11.5. The lowest BCUT2D eigenvalue weighted by Gasteiger charge is -2.35. The van der Waals surface area contributed by atoms with E-state index in [0.29, 0.717) is 48.4 Å². The van der Waals surface area contributed by atoms with Crippen molar-refractivity contribution < 1.29 is 9.59 Å². The second kappa shape index (κ2) is 6.99. The molecule has 2 aliphatic heterocycles. The largest absolute Gasteiger partial charge is 0.338 e. The van der Waals surface area contributed by atoms with Gasteiger partial charge in [0.1, 0.15) is 0 Å². The lowest BCUT2D eigenvalue weighted by Crippen LogP contribution is -2.45. The molecule has 0 unspecified atom stereocenters. The molecule has 0 aromatic heterocycles. The minimum absolute atomic E-state index is 0.0655. The first-order valence-electron chi connectivity index (χ1n) is 8.37. The summed E-state index contributed by atoms with van der Waals surface area (Å²) in [4.78, 5) is 28.2. The number of hydrogen-bond donors (Lipinski definition) is 2. The molecule has 130 valence electrons. The van der Waals surface area contributed by atoms with Gasteiger partial charge in [-0.05, 0) is 43.9 Å². The zero-order chi connectivity index (χ0) is 17.3. The Morgan fingerprint density at radius 3 is 2.88 bits per heavy atom. The van der Waals surface area contributed by atoms with Gasteiger partial charge in [0.25, 0.3) is 5.91 Å². The van der Waals surface area contributed by atoms with Gasteiger partial charge in [-0.2, -0.15) is 0 Å². The summed E-state index contributed by atoms with van der Waals surface area (Å²) in [6.45, 7) is 4.55. The van der Waals surface area contributed by atoms with Gasteiger partial charge in [-0.1, -0.05) is 11.6 Å². The molecule has 0 saturated carbocycles. The number of rotatable bonds is 3. The van der Waals surface area contributed by atoms with Crippen LogP contribution < -0.4 is 16.0 Å². The van der Waals surface area contributed by atoms with Crippen molar-refractivity contribution in [2.24, 2.45) is 11.7 Å². The van der Waals surface area contributed by atoms with Crippen LogP contribution in [-0.4, -0.2) is 49.1 Å². The molecule has 2 atom stereocenters. The zero-order valence-electron chi connectivity index (χ0n) is 13.8. The number of piperidine rings is 1. The van der Waals surface area contributed by atoms with Gasteiger partial charge >= 0.3 is 6.03 Å². The van der Waals surface area contributed by atoms with E-state index in [9.17, 15) is 9.59 Å². The number of benzene rings is 1. The number of likely N-dealkylation sites (tertiary alicyclic amines) is 1. The lowest BCUT2D eigenvalue weighted by molar-refractivity contribution is 0.0661. The van der Waals surface area contributed by atoms with E-state index in [2.05, 4.69) is 5.32 Å². The van der Waals surface area contributed by atoms with Gasteiger partial charge in [-0.15, -0.1) is 0 Å². The second-order valence-corrected chi connectivity index (χ2v) is 6.97. The molecule has 2 heterocycles. The minimum Gasteiger partial charge on any atom is -0.338 e. The normalized spacial score (nSPS) is 22.5. The monoisotopic (exact) mass is 350 g/mol. The highest BCUT2D eigenvalue weighted by Crippen LogP contribution is 2.27. The SMILES string of the molecule is C[C@H](N)[C@@H]1CCCN(C(=O)c2cc(N3CCNC3=O)ccc2Cl)C1. The highest BCUT2D eigenvalue weighted by molar-refractivity contribution is 6.34. The van der Waals surface area contributed by atoms with Crippen LogP contribution in [0.1, 0.15) is 30.1 Å². The lowest BCUT2D eigenvalue weighted by atomic mass is 9.92. The van der Waals surface area contributed by atoms with E-state index >= 15 is 0 Å². The predicted molar refractivity (Wildman–Crippen MR) is 94.5 cm³/mol. The first-order valence-corrected chi connectivity index (χ1v) is 8.75. The van der Waals surface area contributed by atoms with Crippen molar-refractivity contribution >= 4 is 29.2 Å². The number of nitrogens with one attached hydrogen (secondary N) is 1. The molecule has 3 N–H and O–H groups in total. The number of anilines is 1. The molecular formula is C17H23ClN4O2. The molecule has 0 spiro atoms. The van der Waals surface area contributed by atoms with Gasteiger partial charge < -0.3 is 16.0 Å². The molecule has 6 nitrogen and oxygen atoms in total. The molecule has 0 bridgehead atoms. The maximum absolute atomic E-state index is 12.9. The topological polar surface area (TPSA) is 78.7 Å². The third kappa shape index (κ3) is 3.35. The number of hydrogen-bond acceptors (Lipinski definition) is 3. The van der Waals surface area contributed by atoms with Gasteiger partial charge in [-0.25, -0.2) is 4.79 Å². The Hall–Kier alpha value is -1.79. The highest BCUT2D eigenvalue weighted by Gasteiger charge is 2.28. The standard InChI is InChI=1S/C17H23ClN4O2/c1-11(19)12-3-2-7-21(10-12)16(23)14-9-13(4-5-15(14)18)22-8-6-20-17(22)24/h4-5,9,11-12H,2-3,6-8,10,19H2,1H3,(H,20,24)/t11-,12+/m0/s1. The van der Waals surface area contributed by atoms with E-state index in [1.165, 1.54) is 0 Å². The Balaban J connectivity index is 1.82. The summed E-state index contributed by atoms with van der Waals surface area (Å²) in [5.74, 6) is 0.223. The van der Waals surface area contributed by atoms with Crippen LogP contribution in [0.3, 0.4) is 0 Å². The summed E-state index contributed by atoms with van der Waals surface area (Å²) in [5.41, 5.74) is 7.14. The van der Waals surface area contributed by atoms with Crippen LogP contribution in [0.15, 0.2) is 18.2 Å². The van der Waals surface area contributed by atoms with Gasteiger partial charge in [0.05, 0.1) is 10.6 Å². The van der Waals surface area contributed by atoms with Crippen LogP contribution in [0.25, 0.3) is 0 Å². The first kappa shape index (κ1) is 17.0. The fraction of sp³-hybridized carbons (Fsp3) is 0.529. The maximum Gasteiger partial charge on any atom is 0.321 e. The van der Waals surface area contributed by atoms with E-state index in [1.54, 1.807) is 23.1 Å². The summed E-state index contributed by atoms with van der Waals surface area (Å²) < 4.78 is 0. The fourth-order valence-electron chi connectivity index (χ4n) is 3.36. The Bertz CT molecular complexity index is 649. The Morgan fingerprint density at radius 1 is 1.42 bits per heavy atom. The molecule has 24 heavy (non-hydrogen) atoms. The van der Waals surface area contributed by atoms with Crippen LogP contribution >= 0.6 is 11.6 Å². The molecule has 3 rings (SSSR count). The number of carbonyl (C=O) groups excluding carboxylic acids is 2. The summed E-state index contributed by atoms with van der Waals surface area (Å²) in [5, 5.41) is 3.17. The van der Waals surface area contributed by atoms with Crippen molar-refractivity contribution in [3.63, 3.8) is 0 Å². The van der Waals surface area contributed by atoms with Crippen LogP contribution in [0, 0.1) is 5.92 Å². The number of urea groups is 1. The van der Waals surface area contributed by atoms with Crippen molar-refractivity contribution in [2.45, 2.75) is 25.8 Å². The molecular weight excluding hydrogens is 328 g/mol. The quantitative estimate of drug-likeness (QED) is 0.875. The molecule has 1 aromatic rings. The van der Waals surface area contributed by atoms with Gasteiger partial charge in [0, 0.05) is 37.9 Å². The van der Waals surface area contributed by atoms with Gasteiger partial charge in [0.15, 0.2) is 0 Å². The van der Waals surface area contributed by atoms with Crippen LogP contribution in [0.5, 0.6) is 0 Å². The molecule has 3 amide bonds. The molecule has 2 saturated heterocycles. The number of nitrogens with two attached hydrogens (primary N) is 1. The average Bonchev–Trinajstić information content (AvgIpc) is 3.01. The second-order valence-electron chi connectivity index (χ2n) is 6.56. The van der Waals surface area contributed by atoms with E-state index in [4.69, 9.17) is 17.3 Å². The maximum atomic E-state index is 12.9. The smallest absolute Gasteiger partial charge is 0.321 e. The molecule has 0 aliphatic carbocycles. The molecule has 1 aromatic carbocycles. The third-order valence-corrected chi connectivity index (χ3v) is 5.17. The molecule has 2 aliphatic rings. The van der Waals surface area contributed by atoms with E-state index in [1.807, 2.05) is 11.8 Å². The molecule has 0 radical (unpaired) electrons. The Labute approximate surface area is 146 Å². The van der Waals surface area contributed by atoms with Crippen LogP contribution in [0.2, 0.25) is 5.02 Å². The number of amides is 3. The van der Waals surface area contributed by atoms with Crippen molar-refractivity contribution in [2.75, 3.05) is 31.1 Å². The average molecular weight is 351 g/mol. The summed E-state index contributed by atoms with van der Waals surface area (Å²) in [7, 11) is 0. The van der Waals surface area contributed by atoms with Crippen molar-refractivity contribution in [1.29, 1.82) is 0 Å². The summed E-state index contributed by atoms with van der Waals surface area (Å²) in [6, 6.07) is 5.08. The fourth-order valence-corrected chi connectivity index (χ4v) is 3.56. The van der Waals surface area contributed by atoms with Crippen LogP contribution in [0.4, 0.5) is 10.5 Å². The van der Waals surface area contributed by atoms with E-state index in [-0.39, 0.29) is 18.0 Å². The number of nitrogens with zero attached hydrogens (tertiary/aromatic N) is 2. The van der Waals surface area contributed by atoms with Crippen molar-refractivity contribution in [1.82, 2.24) is 10.2 Å². The number of carbonyl (C=O) groups is 2. The summed E-state index contributed by atoms with van der Waals surface area (Å²) >= 11 is 6.26. The predicted octanol–water partition coefficient (Wildman–Crippen LogP) is 2.07. The number of halogens is 1.